The van der Waals surface area contributed by atoms with Crippen molar-refractivity contribution in [1.29, 1.82) is 0 Å². The molecule has 2 rings (SSSR count). The van der Waals surface area contributed by atoms with Gasteiger partial charge in [0.15, 0.2) is 5.82 Å². The highest BCUT2D eigenvalue weighted by Crippen LogP contribution is 2.30. The highest BCUT2D eigenvalue weighted by atomic mass is 32.1. The average Bonchev–Trinajstić information content (AvgIpc) is 2.81. The van der Waals surface area contributed by atoms with Crippen LogP contribution in [-0.4, -0.2) is 29.4 Å². The summed E-state index contributed by atoms with van der Waals surface area (Å²) in [6, 6.07) is 3.86. The lowest BCUT2D eigenvalue weighted by molar-refractivity contribution is 0.0964. The molecule has 1 amide bonds. The van der Waals surface area contributed by atoms with E-state index in [1.165, 1.54) is 11.5 Å². The van der Waals surface area contributed by atoms with Crippen LogP contribution in [0.4, 0.5) is 10.8 Å². The van der Waals surface area contributed by atoms with Gasteiger partial charge in [-0.1, -0.05) is 6.07 Å². The van der Waals surface area contributed by atoms with E-state index in [1.807, 2.05) is 24.1 Å². The van der Waals surface area contributed by atoms with E-state index in [0.717, 1.165) is 10.6 Å². The number of carbonyl (C=O) groups excluding carboxylic acids is 1. The van der Waals surface area contributed by atoms with Gasteiger partial charge in [-0.05, 0) is 23.2 Å². The molecule has 0 radical (unpaired) electrons. The Morgan fingerprint density at radius 2 is 2.37 bits per heavy atom. The van der Waals surface area contributed by atoms with Crippen LogP contribution in [0, 0.1) is 0 Å². The third-order valence-electron chi connectivity index (χ3n) is 2.64. The first kappa shape index (κ1) is 13.3. The number of pyridine rings is 1. The molecule has 0 atom stereocenters. The fourth-order valence-corrected chi connectivity index (χ4v) is 2.50. The third kappa shape index (κ3) is 2.82. The summed E-state index contributed by atoms with van der Waals surface area (Å²) in [5.74, 6) is 0.0386. The summed E-state index contributed by atoms with van der Waals surface area (Å²) in [4.78, 5) is 17.8. The van der Waals surface area contributed by atoms with E-state index < -0.39 is 0 Å². The summed E-state index contributed by atoms with van der Waals surface area (Å²) >= 11 is 1.22. The Morgan fingerprint density at radius 1 is 1.58 bits per heavy atom. The lowest BCUT2D eigenvalue weighted by Gasteiger charge is -2.18. The van der Waals surface area contributed by atoms with Crippen molar-refractivity contribution in [2.24, 2.45) is 0 Å². The molecule has 0 aliphatic rings. The fraction of sp³-hybridized carbons (Fsp3) is 0.250. The number of nitrogens with zero attached hydrogens (tertiary/aromatic N) is 3. The lowest BCUT2D eigenvalue weighted by atomic mass is 10.2. The molecule has 19 heavy (non-hydrogen) atoms. The van der Waals surface area contributed by atoms with Gasteiger partial charge in [-0.15, -0.1) is 0 Å². The van der Waals surface area contributed by atoms with Crippen molar-refractivity contribution < 1.29 is 4.79 Å². The van der Waals surface area contributed by atoms with Crippen LogP contribution < -0.4 is 16.0 Å². The second-order valence-electron chi connectivity index (χ2n) is 4.04. The van der Waals surface area contributed by atoms with E-state index in [1.54, 1.807) is 19.4 Å². The molecule has 0 fully saturated rings. The first-order valence-corrected chi connectivity index (χ1v) is 6.48. The number of aromatic nitrogens is 2. The van der Waals surface area contributed by atoms with Crippen LogP contribution in [-0.2, 0) is 6.54 Å². The summed E-state index contributed by atoms with van der Waals surface area (Å²) in [5, 5.41) is 3.33. The molecule has 3 N–H and O–H groups in total. The molecule has 0 saturated heterocycles. The van der Waals surface area contributed by atoms with Crippen LogP contribution in [0.2, 0.25) is 0 Å². The largest absolute Gasteiger partial charge is 0.382 e. The van der Waals surface area contributed by atoms with Crippen LogP contribution in [0.5, 0.6) is 0 Å². The van der Waals surface area contributed by atoms with E-state index in [4.69, 9.17) is 5.73 Å². The number of nitrogens with one attached hydrogen (secondary N) is 1. The van der Waals surface area contributed by atoms with Crippen LogP contribution in [0.3, 0.4) is 0 Å². The van der Waals surface area contributed by atoms with Gasteiger partial charge in [0.1, 0.15) is 10.6 Å². The maximum absolute atomic E-state index is 11.8. The van der Waals surface area contributed by atoms with Crippen LogP contribution in [0.25, 0.3) is 0 Å². The number of nitrogens with two attached hydrogens (primary N) is 1. The monoisotopic (exact) mass is 277 g/mol. The summed E-state index contributed by atoms with van der Waals surface area (Å²) in [5.41, 5.74) is 7.23. The summed E-state index contributed by atoms with van der Waals surface area (Å²) in [7, 11) is 3.47. The van der Waals surface area contributed by atoms with E-state index in [9.17, 15) is 4.79 Å². The zero-order valence-corrected chi connectivity index (χ0v) is 11.6. The molecule has 0 bridgehead atoms. The first-order chi connectivity index (χ1) is 9.13. The minimum atomic E-state index is -0.223. The number of rotatable bonds is 4. The highest BCUT2D eigenvalue weighted by Gasteiger charge is 2.21. The van der Waals surface area contributed by atoms with Crippen molar-refractivity contribution in [2.75, 3.05) is 24.7 Å². The highest BCUT2D eigenvalue weighted by molar-refractivity contribution is 7.11. The maximum Gasteiger partial charge on any atom is 0.257 e. The number of hydrogen-bond donors (Lipinski definition) is 2. The number of hydrogen-bond acceptors (Lipinski definition) is 6. The van der Waals surface area contributed by atoms with Crippen molar-refractivity contribution in [2.45, 2.75) is 6.54 Å². The Labute approximate surface area is 115 Å². The van der Waals surface area contributed by atoms with Gasteiger partial charge >= 0.3 is 0 Å². The van der Waals surface area contributed by atoms with Gasteiger partial charge in [0.25, 0.3) is 5.91 Å². The molecule has 0 aliphatic carbocycles. The predicted octanol–water partition coefficient (Wildman–Crippen LogP) is 1.12. The SMILES string of the molecule is CNC(=O)c1c(N)nsc1N(C)Cc1cccnc1. The van der Waals surface area contributed by atoms with E-state index in [0.29, 0.717) is 12.1 Å². The quantitative estimate of drug-likeness (QED) is 0.874. The first-order valence-electron chi connectivity index (χ1n) is 5.70. The van der Waals surface area contributed by atoms with Crippen LogP contribution >= 0.6 is 11.5 Å². The number of carbonyl (C=O) groups is 1. The average molecular weight is 277 g/mol. The molecule has 100 valence electrons. The molecule has 6 nitrogen and oxygen atoms in total. The molecule has 0 aliphatic heterocycles. The second-order valence-corrected chi connectivity index (χ2v) is 4.80. The number of anilines is 2. The molecule has 2 aromatic heterocycles. The van der Waals surface area contributed by atoms with Crippen molar-refractivity contribution in [3.8, 4) is 0 Å². The lowest BCUT2D eigenvalue weighted by Crippen LogP contribution is -2.23. The van der Waals surface area contributed by atoms with Crippen molar-refractivity contribution in [3.05, 3.63) is 35.7 Å². The van der Waals surface area contributed by atoms with Gasteiger partial charge in [0, 0.05) is 33.0 Å². The Balaban J connectivity index is 2.24. The van der Waals surface area contributed by atoms with Gasteiger partial charge in [-0.3, -0.25) is 9.78 Å². The standard InChI is InChI=1S/C12H15N5OS/c1-14-11(18)9-10(13)16-19-12(9)17(2)7-8-4-3-5-15-6-8/h3-6H,7H2,1-2H3,(H2,13,16)(H,14,18). The zero-order chi connectivity index (χ0) is 13.8. The molecule has 7 heteroatoms. The van der Waals surface area contributed by atoms with Crippen molar-refractivity contribution in [1.82, 2.24) is 14.7 Å². The molecular formula is C12H15N5OS. The molecular weight excluding hydrogens is 262 g/mol. The predicted molar refractivity (Wildman–Crippen MR) is 76.3 cm³/mol. The summed E-state index contributed by atoms with van der Waals surface area (Å²) in [6.45, 7) is 0.638. The molecule has 2 heterocycles. The van der Waals surface area contributed by atoms with Gasteiger partial charge in [0.05, 0.1) is 0 Å². The smallest absolute Gasteiger partial charge is 0.257 e. The second kappa shape index (κ2) is 5.66. The van der Waals surface area contributed by atoms with Crippen LogP contribution in [0.1, 0.15) is 15.9 Å². The minimum Gasteiger partial charge on any atom is -0.382 e. The normalized spacial score (nSPS) is 10.2. The Morgan fingerprint density at radius 3 is 3.00 bits per heavy atom. The van der Waals surface area contributed by atoms with E-state index in [-0.39, 0.29) is 11.7 Å². The van der Waals surface area contributed by atoms with Gasteiger partial charge in [-0.25, -0.2) is 0 Å². The van der Waals surface area contributed by atoms with E-state index >= 15 is 0 Å². The van der Waals surface area contributed by atoms with Gasteiger partial charge in [0.2, 0.25) is 0 Å². The number of amides is 1. The maximum atomic E-state index is 11.8. The molecule has 0 aromatic carbocycles. The Kier molecular flexibility index (Phi) is 3.96. The molecule has 0 spiro atoms. The van der Waals surface area contributed by atoms with Crippen molar-refractivity contribution >= 4 is 28.3 Å². The fourth-order valence-electron chi connectivity index (χ4n) is 1.73. The minimum absolute atomic E-state index is 0.223. The summed E-state index contributed by atoms with van der Waals surface area (Å²) < 4.78 is 4.05. The Bertz CT molecular complexity index is 569. The van der Waals surface area contributed by atoms with E-state index in [2.05, 4.69) is 14.7 Å². The summed E-state index contributed by atoms with van der Waals surface area (Å²) in [6.07, 6.45) is 3.52. The Hall–Kier alpha value is -2.15. The molecule has 2 aromatic rings. The third-order valence-corrected chi connectivity index (χ3v) is 3.62. The molecule has 0 unspecified atom stereocenters. The molecule has 0 saturated carbocycles. The van der Waals surface area contributed by atoms with Crippen LogP contribution in [0.15, 0.2) is 24.5 Å². The zero-order valence-electron chi connectivity index (χ0n) is 10.8. The van der Waals surface area contributed by atoms with Gasteiger partial charge in [-0.2, -0.15) is 4.37 Å². The van der Waals surface area contributed by atoms with Gasteiger partial charge < -0.3 is 16.0 Å². The number of nitrogen functional groups attached to an aromatic ring is 1. The topological polar surface area (TPSA) is 84.1 Å². The van der Waals surface area contributed by atoms with Crippen molar-refractivity contribution in [3.63, 3.8) is 0 Å².